The molecule has 1 aromatic heterocycles. The van der Waals surface area contributed by atoms with Crippen LogP contribution in [0.15, 0.2) is 12.1 Å². The van der Waals surface area contributed by atoms with Crippen molar-refractivity contribution >= 4 is 23.2 Å². The lowest BCUT2D eigenvalue weighted by Gasteiger charge is -2.23. The van der Waals surface area contributed by atoms with E-state index in [1.165, 1.54) is 0 Å². The predicted molar refractivity (Wildman–Crippen MR) is 67.8 cm³/mol. The molecule has 0 radical (unpaired) electrons. The maximum Gasteiger partial charge on any atom is 0.240 e. The van der Waals surface area contributed by atoms with Gasteiger partial charge in [-0.15, -0.1) is 0 Å². The Balaban J connectivity index is 2.30. The summed E-state index contributed by atoms with van der Waals surface area (Å²) in [5.41, 5.74) is 11.7. The van der Waals surface area contributed by atoms with E-state index in [4.69, 9.17) is 11.5 Å². The number of nitrogens with zero attached hydrogens (tertiary/aromatic N) is 2. The third-order valence-electron chi connectivity index (χ3n) is 3.02. The zero-order chi connectivity index (χ0) is 12.4. The van der Waals surface area contributed by atoms with Crippen LogP contribution >= 0.6 is 0 Å². The molecule has 17 heavy (non-hydrogen) atoms. The van der Waals surface area contributed by atoms with Crippen molar-refractivity contribution in [3.8, 4) is 0 Å². The lowest BCUT2D eigenvalue weighted by Crippen LogP contribution is -2.40. The van der Waals surface area contributed by atoms with Gasteiger partial charge in [0.05, 0.1) is 5.69 Å². The molecule has 1 amide bonds. The fourth-order valence-corrected chi connectivity index (χ4v) is 2.16. The molecular formula is C11H17N5O. The van der Waals surface area contributed by atoms with E-state index in [-0.39, 0.29) is 11.9 Å². The number of rotatable bonds is 3. The highest BCUT2D eigenvalue weighted by atomic mass is 16.1. The second kappa shape index (κ2) is 4.48. The van der Waals surface area contributed by atoms with Crippen molar-refractivity contribution in [2.24, 2.45) is 5.73 Å². The monoisotopic (exact) mass is 235 g/mol. The fourth-order valence-electron chi connectivity index (χ4n) is 2.16. The Kier molecular flexibility index (Phi) is 3.03. The minimum Gasteiger partial charge on any atom is -0.396 e. The van der Waals surface area contributed by atoms with Crippen molar-refractivity contribution in [3.05, 3.63) is 12.1 Å². The molecule has 0 aromatic carbocycles. The largest absolute Gasteiger partial charge is 0.396 e. The average Bonchev–Trinajstić information content (AvgIpc) is 2.78. The lowest BCUT2D eigenvalue weighted by molar-refractivity contribution is -0.119. The van der Waals surface area contributed by atoms with Crippen molar-refractivity contribution in [1.29, 1.82) is 0 Å². The molecule has 92 valence electrons. The SMILES string of the molecule is CNc1nc(N2CCCC2C(N)=O)ccc1N. The van der Waals surface area contributed by atoms with Crippen LogP contribution in [0.4, 0.5) is 17.3 Å². The smallest absolute Gasteiger partial charge is 0.240 e. The van der Waals surface area contributed by atoms with Crippen molar-refractivity contribution in [2.45, 2.75) is 18.9 Å². The van der Waals surface area contributed by atoms with E-state index in [1.807, 2.05) is 11.0 Å². The third kappa shape index (κ3) is 2.11. The van der Waals surface area contributed by atoms with Gasteiger partial charge in [0.25, 0.3) is 0 Å². The number of hydrogen-bond acceptors (Lipinski definition) is 5. The molecule has 5 N–H and O–H groups in total. The van der Waals surface area contributed by atoms with E-state index >= 15 is 0 Å². The number of hydrogen-bond donors (Lipinski definition) is 3. The van der Waals surface area contributed by atoms with Gasteiger partial charge in [0, 0.05) is 13.6 Å². The van der Waals surface area contributed by atoms with Crippen LogP contribution in [0.3, 0.4) is 0 Å². The standard InChI is InChI=1S/C11H17N5O/c1-14-11-7(12)4-5-9(15-11)16-6-2-3-8(16)10(13)17/h4-5,8H,2-3,6,12H2,1H3,(H2,13,17)(H,14,15). The second-order valence-electron chi connectivity index (χ2n) is 4.11. The molecule has 1 aromatic rings. The zero-order valence-electron chi connectivity index (χ0n) is 9.81. The summed E-state index contributed by atoms with van der Waals surface area (Å²) >= 11 is 0. The number of carbonyl (C=O) groups is 1. The number of aromatic nitrogens is 1. The highest BCUT2D eigenvalue weighted by molar-refractivity contribution is 5.84. The highest BCUT2D eigenvalue weighted by Gasteiger charge is 2.30. The van der Waals surface area contributed by atoms with Crippen LogP contribution in [0.1, 0.15) is 12.8 Å². The van der Waals surface area contributed by atoms with Crippen molar-refractivity contribution < 1.29 is 4.79 Å². The minimum absolute atomic E-state index is 0.254. The molecule has 1 atom stereocenters. The van der Waals surface area contributed by atoms with Gasteiger partial charge in [-0.1, -0.05) is 0 Å². The first kappa shape index (κ1) is 11.5. The van der Waals surface area contributed by atoms with Crippen LogP contribution in [0.2, 0.25) is 0 Å². The van der Waals surface area contributed by atoms with E-state index in [0.29, 0.717) is 11.5 Å². The summed E-state index contributed by atoms with van der Waals surface area (Å²) in [6, 6.07) is 3.35. The number of anilines is 3. The number of pyridine rings is 1. The lowest BCUT2D eigenvalue weighted by atomic mass is 10.2. The topological polar surface area (TPSA) is 97.3 Å². The van der Waals surface area contributed by atoms with E-state index < -0.39 is 0 Å². The van der Waals surface area contributed by atoms with Gasteiger partial charge in [-0.3, -0.25) is 4.79 Å². The van der Waals surface area contributed by atoms with Crippen LogP contribution < -0.4 is 21.7 Å². The van der Waals surface area contributed by atoms with Gasteiger partial charge >= 0.3 is 0 Å². The van der Waals surface area contributed by atoms with Gasteiger partial charge in [0.1, 0.15) is 11.9 Å². The summed E-state index contributed by atoms with van der Waals surface area (Å²) in [6.07, 6.45) is 1.74. The quantitative estimate of drug-likeness (QED) is 0.693. The maximum absolute atomic E-state index is 11.3. The molecule has 6 nitrogen and oxygen atoms in total. The molecule has 1 unspecified atom stereocenters. The van der Waals surface area contributed by atoms with Crippen LogP contribution in [0.5, 0.6) is 0 Å². The van der Waals surface area contributed by atoms with Gasteiger partial charge in [0.15, 0.2) is 5.82 Å². The van der Waals surface area contributed by atoms with Crippen LogP contribution in [-0.4, -0.2) is 30.5 Å². The zero-order valence-corrected chi connectivity index (χ0v) is 9.81. The Morgan fingerprint density at radius 2 is 2.35 bits per heavy atom. The third-order valence-corrected chi connectivity index (χ3v) is 3.02. The first-order chi connectivity index (χ1) is 8.13. The van der Waals surface area contributed by atoms with Gasteiger partial charge in [-0.25, -0.2) is 4.98 Å². The Morgan fingerprint density at radius 1 is 1.59 bits per heavy atom. The fraction of sp³-hybridized carbons (Fsp3) is 0.455. The van der Waals surface area contributed by atoms with Crippen molar-refractivity contribution in [3.63, 3.8) is 0 Å². The molecule has 1 aliphatic rings. The Morgan fingerprint density at radius 3 is 3.00 bits per heavy atom. The van der Waals surface area contributed by atoms with Gasteiger partial charge in [-0.05, 0) is 25.0 Å². The number of nitrogens with two attached hydrogens (primary N) is 2. The highest BCUT2D eigenvalue weighted by Crippen LogP contribution is 2.26. The molecule has 1 saturated heterocycles. The normalized spacial score (nSPS) is 19.4. The molecular weight excluding hydrogens is 218 g/mol. The van der Waals surface area contributed by atoms with Crippen LogP contribution in [-0.2, 0) is 4.79 Å². The number of nitrogen functional groups attached to an aromatic ring is 1. The molecule has 0 saturated carbocycles. The van der Waals surface area contributed by atoms with Crippen LogP contribution in [0, 0.1) is 0 Å². The van der Waals surface area contributed by atoms with E-state index in [0.717, 1.165) is 25.2 Å². The molecule has 2 rings (SSSR count). The Bertz CT molecular complexity index is 434. The molecule has 6 heteroatoms. The summed E-state index contributed by atoms with van der Waals surface area (Å²) in [5, 5.41) is 2.92. The number of primary amides is 1. The summed E-state index contributed by atoms with van der Waals surface area (Å²) in [6.45, 7) is 0.799. The van der Waals surface area contributed by atoms with Crippen molar-refractivity contribution in [2.75, 3.05) is 29.5 Å². The predicted octanol–water partition coefficient (Wildman–Crippen LogP) is 0.160. The van der Waals surface area contributed by atoms with Crippen molar-refractivity contribution in [1.82, 2.24) is 4.98 Å². The summed E-state index contributed by atoms with van der Waals surface area (Å²) < 4.78 is 0. The molecule has 1 aliphatic heterocycles. The molecule has 0 bridgehead atoms. The van der Waals surface area contributed by atoms with Gasteiger partial charge in [0.2, 0.25) is 5.91 Å². The molecule has 0 spiro atoms. The molecule has 2 heterocycles. The second-order valence-corrected chi connectivity index (χ2v) is 4.11. The Hall–Kier alpha value is -1.98. The van der Waals surface area contributed by atoms with E-state index in [9.17, 15) is 4.79 Å². The summed E-state index contributed by atoms with van der Waals surface area (Å²) in [5.74, 6) is 1.06. The average molecular weight is 235 g/mol. The van der Waals surface area contributed by atoms with E-state index in [2.05, 4.69) is 10.3 Å². The number of amides is 1. The number of carbonyl (C=O) groups excluding carboxylic acids is 1. The molecule has 0 aliphatic carbocycles. The summed E-state index contributed by atoms with van der Waals surface area (Å²) in [4.78, 5) is 17.6. The summed E-state index contributed by atoms with van der Waals surface area (Å²) in [7, 11) is 1.76. The first-order valence-electron chi connectivity index (χ1n) is 5.63. The maximum atomic E-state index is 11.3. The van der Waals surface area contributed by atoms with Gasteiger partial charge < -0.3 is 21.7 Å². The first-order valence-corrected chi connectivity index (χ1v) is 5.63. The number of nitrogens with one attached hydrogen (secondary N) is 1. The minimum atomic E-state index is -0.299. The van der Waals surface area contributed by atoms with E-state index in [1.54, 1.807) is 13.1 Å². The molecule has 1 fully saturated rings. The van der Waals surface area contributed by atoms with Gasteiger partial charge in [-0.2, -0.15) is 0 Å². The van der Waals surface area contributed by atoms with Crippen LogP contribution in [0.25, 0.3) is 0 Å². The Labute approximate surface area is 100.0 Å².